The number of nitrogens with zero attached hydrogens (tertiary/aromatic N) is 3. The van der Waals surface area contributed by atoms with Crippen LogP contribution in [0.2, 0.25) is 0 Å². The van der Waals surface area contributed by atoms with Crippen LogP contribution in [0.3, 0.4) is 0 Å². The molecule has 0 aliphatic carbocycles. The van der Waals surface area contributed by atoms with Gasteiger partial charge in [0.05, 0.1) is 6.54 Å². The average molecular weight is 154 g/mol. The lowest BCUT2D eigenvalue weighted by molar-refractivity contribution is 0.497. The summed E-state index contributed by atoms with van der Waals surface area (Å²) in [5, 5.41) is 7.14. The van der Waals surface area contributed by atoms with Crippen molar-refractivity contribution in [2.45, 2.75) is 26.4 Å². The molecule has 4 heteroatoms. The van der Waals surface area contributed by atoms with Crippen LogP contribution in [0.5, 0.6) is 0 Å². The standard InChI is InChI=1S/C7H14N4/c1-6(2)11-7(4-8-3)9-5-10-11/h5-6,8H,4H2,1-3H3. The summed E-state index contributed by atoms with van der Waals surface area (Å²) in [6.07, 6.45) is 1.59. The van der Waals surface area contributed by atoms with Crippen molar-refractivity contribution in [2.75, 3.05) is 7.05 Å². The van der Waals surface area contributed by atoms with Crippen molar-refractivity contribution >= 4 is 0 Å². The van der Waals surface area contributed by atoms with E-state index in [0.717, 1.165) is 12.4 Å². The molecule has 0 radical (unpaired) electrons. The summed E-state index contributed by atoms with van der Waals surface area (Å²) in [4.78, 5) is 4.12. The smallest absolute Gasteiger partial charge is 0.141 e. The van der Waals surface area contributed by atoms with Crippen LogP contribution in [-0.4, -0.2) is 21.8 Å². The third kappa shape index (κ3) is 1.77. The molecule has 1 aromatic rings. The van der Waals surface area contributed by atoms with E-state index in [1.54, 1.807) is 6.33 Å². The Morgan fingerprint density at radius 2 is 2.36 bits per heavy atom. The third-order valence-corrected chi connectivity index (χ3v) is 1.47. The zero-order valence-electron chi connectivity index (χ0n) is 7.20. The summed E-state index contributed by atoms with van der Waals surface area (Å²) in [5.74, 6) is 0.988. The molecule has 0 saturated carbocycles. The maximum absolute atomic E-state index is 4.12. The summed E-state index contributed by atoms with van der Waals surface area (Å²) in [5.41, 5.74) is 0. The van der Waals surface area contributed by atoms with Crippen LogP contribution in [0.4, 0.5) is 0 Å². The van der Waals surface area contributed by atoms with E-state index in [1.165, 1.54) is 0 Å². The van der Waals surface area contributed by atoms with Crippen LogP contribution < -0.4 is 5.32 Å². The fourth-order valence-electron chi connectivity index (χ4n) is 0.990. The zero-order valence-corrected chi connectivity index (χ0v) is 7.20. The van der Waals surface area contributed by atoms with E-state index in [2.05, 4.69) is 29.2 Å². The first-order valence-electron chi connectivity index (χ1n) is 3.78. The van der Waals surface area contributed by atoms with Crippen LogP contribution in [0.15, 0.2) is 6.33 Å². The second-order valence-electron chi connectivity index (χ2n) is 2.74. The summed E-state index contributed by atoms with van der Waals surface area (Å²) in [6, 6.07) is 0.390. The monoisotopic (exact) mass is 154 g/mol. The minimum Gasteiger partial charge on any atom is -0.313 e. The Hall–Kier alpha value is -0.900. The molecular weight excluding hydrogens is 140 g/mol. The van der Waals surface area contributed by atoms with Crippen molar-refractivity contribution in [1.29, 1.82) is 0 Å². The normalized spacial score (nSPS) is 10.9. The Bertz CT molecular complexity index is 216. The van der Waals surface area contributed by atoms with Gasteiger partial charge in [-0.1, -0.05) is 0 Å². The highest BCUT2D eigenvalue weighted by molar-refractivity contribution is 4.84. The molecular formula is C7H14N4. The van der Waals surface area contributed by atoms with Crippen molar-refractivity contribution in [3.8, 4) is 0 Å². The van der Waals surface area contributed by atoms with E-state index < -0.39 is 0 Å². The van der Waals surface area contributed by atoms with Crippen molar-refractivity contribution in [1.82, 2.24) is 20.1 Å². The highest BCUT2D eigenvalue weighted by Gasteiger charge is 2.04. The van der Waals surface area contributed by atoms with Crippen molar-refractivity contribution < 1.29 is 0 Å². The molecule has 0 fully saturated rings. The van der Waals surface area contributed by atoms with Gasteiger partial charge in [0.25, 0.3) is 0 Å². The maximum Gasteiger partial charge on any atom is 0.141 e. The van der Waals surface area contributed by atoms with Gasteiger partial charge in [-0.3, -0.25) is 0 Å². The van der Waals surface area contributed by atoms with Crippen LogP contribution in [-0.2, 0) is 6.54 Å². The first-order valence-corrected chi connectivity index (χ1v) is 3.78. The van der Waals surface area contributed by atoms with Gasteiger partial charge in [-0.2, -0.15) is 5.10 Å². The molecule has 1 rings (SSSR count). The minimum atomic E-state index is 0.390. The molecule has 0 saturated heterocycles. The quantitative estimate of drug-likeness (QED) is 0.692. The Morgan fingerprint density at radius 1 is 1.64 bits per heavy atom. The number of hydrogen-bond donors (Lipinski definition) is 1. The fraction of sp³-hybridized carbons (Fsp3) is 0.714. The van der Waals surface area contributed by atoms with Gasteiger partial charge in [-0.05, 0) is 20.9 Å². The van der Waals surface area contributed by atoms with Crippen molar-refractivity contribution in [2.24, 2.45) is 0 Å². The van der Waals surface area contributed by atoms with E-state index in [0.29, 0.717) is 6.04 Å². The third-order valence-electron chi connectivity index (χ3n) is 1.47. The summed E-state index contributed by atoms with van der Waals surface area (Å²) < 4.78 is 1.91. The molecule has 0 aliphatic rings. The molecule has 0 spiro atoms. The Kier molecular flexibility index (Phi) is 2.59. The van der Waals surface area contributed by atoms with Gasteiger partial charge in [0.15, 0.2) is 0 Å². The van der Waals surface area contributed by atoms with Crippen LogP contribution in [0, 0.1) is 0 Å². The fourth-order valence-corrected chi connectivity index (χ4v) is 0.990. The van der Waals surface area contributed by atoms with Crippen LogP contribution in [0.1, 0.15) is 25.7 Å². The van der Waals surface area contributed by atoms with Gasteiger partial charge in [-0.15, -0.1) is 0 Å². The van der Waals surface area contributed by atoms with Gasteiger partial charge in [0.2, 0.25) is 0 Å². The second kappa shape index (κ2) is 3.48. The molecule has 0 unspecified atom stereocenters. The Balaban J connectivity index is 2.78. The van der Waals surface area contributed by atoms with E-state index in [4.69, 9.17) is 0 Å². The van der Waals surface area contributed by atoms with Crippen molar-refractivity contribution in [3.05, 3.63) is 12.2 Å². The largest absolute Gasteiger partial charge is 0.313 e. The lowest BCUT2D eigenvalue weighted by Gasteiger charge is -2.07. The van der Waals surface area contributed by atoms with Gasteiger partial charge in [-0.25, -0.2) is 9.67 Å². The number of nitrogens with one attached hydrogen (secondary N) is 1. The Morgan fingerprint density at radius 3 is 2.91 bits per heavy atom. The van der Waals surface area contributed by atoms with E-state index in [1.807, 2.05) is 11.7 Å². The second-order valence-corrected chi connectivity index (χ2v) is 2.74. The van der Waals surface area contributed by atoms with Gasteiger partial charge >= 0.3 is 0 Å². The Labute approximate surface area is 66.6 Å². The molecule has 1 heterocycles. The molecule has 4 nitrogen and oxygen atoms in total. The highest BCUT2D eigenvalue weighted by atomic mass is 15.3. The number of rotatable bonds is 3. The SMILES string of the molecule is CNCc1ncnn1C(C)C. The number of hydrogen-bond acceptors (Lipinski definition) is 3. The minimum absolute atomic E-state index is 0.390. The lowest BCUT2D eigenvalue weighted by Crippen LogP contribution is -2.14. The zero-order chi connectivity index (χ0) is 8.27. The summed E-state index contributed by atoms with van der Waals surface area (Å²) in [6.45, 7) is 4.96. The van der Waals surface area contributed by atoms with Gasteiger partial charge < -0.3 is 5.32 Å². The maximum atomic E-state index is 4.12. The van der Waals surface area contributed by atoms with Gasteiger partial charge in [0, 0.05) is 6.04 Å². The topological polar surface area (TPSA) is 42.7 Å². The molecule has 1 N–H and O–H groups in total. The van der Waals surface area contributed by atoms with E-state index in [-0.39, 0.29) is 0 Å². The predicted octanol–water partition coefficient (Wildman–Crippen LogP) is 0.578. The van der Waals surface area contributed by atoms with Crippen LogP contribution >= 0.6 is 0 Å². The molecule has 11 heavy (non-hydrogen) atoms. The first kappa shape index (κ1) is 8.20. The predicted molar refractivity (Wildman–Crippen MR) is 43.2 cm³/mol. The van der Waals surface area contributed by atoms with E-state index in [9.17, 15) is 0 Å². The molecule has 0 aromatic carbocycles. The lowest BCUT2D eigenvalue weighted by atomic mass is 10.4. The summed E-state index contributed by atoms with van der Waals surface area (Å²) in [7, 11) is 1.90. The molecule has 0 bridgehead atoms. The van der Waals surface area contributed by atoms with Crippen LogP contribution in [0.25, 0.3) is 0 Å². The molecule has 0 aliphatic heterocycles. The molecule has 0 atom stereocenters. The number of aromatic nitrogens is 3. The molecule has 0 amide bonds. The average Bonchev–Trinajstić information content (AvgIpc) is 2.36. The summed E-state index contributed by atoms with van der Waals surface area (Å²) >= 11 is 0. The highest BCUT2D eigenvalue weighted by Crippen LogP contribution is 2.03. The van der Waals surface area contributed by atoms with E-state index >= 15 is 0 Å². The van der Waals surface area contributed by atoms with Crippen molar-refractivity contribution in [3.63, 3.8) is 0 Å². The first-order chi connectivity index (χ1) is 5.25. The molecule has 62 valence electrons. The molecule has 1 aromatic heterocycles. The van der Waals surface area contributed by atoms with Gasteiger partial charge in [0.1, 0.15) is 12.2 Å².